The fourth-order valence-electron chi connectivity index (χ4n) is 4.33. The summed E-state index contributed by atoms with van der Waals surface area (Å²) < 4.78 is 0. The average molecular weight is 344 g/mol. The lowest BCUT2D eigenvalue weighted by molar-refractivity contribution is 0.100. The van der Waals surface area contributed by atoms with Gasteiger partial charge in [-0.05, 0) is 41.8 Å². The summed E-state index contributed by atoms with van der Waals surface area (Å²) in [6, 6.07) is 10.0. The molecule has 0 bridgehead atoms. The molecule has 2 atom stereocenters. The molecular weight excluding hydrogens is 306 g/mol. The molecule has 3 rings (SSSR count). The quantitative estimate of drug-likeness (QED) is 0.900. The van der Waals surface area contributed by atoms with Gasteiger partial charge in [0.05, 0.1) is 0 Å². The first-order chi connectivity index (χ1) is 11.9. The van der Waals surface area contributed by atoms with Crippen molar-refractivity contribution in [1.29, 1.82) is 0 Å². The number of piperidine rings is 1. The predicted octanol–water partition coefficient (Wildman–Crippen LogP) is 3.66. The van der Waals surface area contributed by atoms with Gasteiger partial charge in [-0.3, -0.25) is 4.90 Å². The summed E-state index contributed by atoms with van der Waals surface area (Å²) in [6.07, 6.45) is 2.76. The van der Waals surface area contributed by atoms with Crippen LogP contribution in [0.1, 0.15) is 57.7 Å². The van der Waals surface area contributed by atoms with E-state index in [1.807, 2.05) is 0 Å². The lowest BCUT2D eigenvalue weighted by Crippen LogP contribution is -2.49. The van der Waals surface area contributed by atoms with Crippen molar-refractivity contribution in [1.82, 2.24) is 15.1 Å². The molecule has 140 valence electrons. The molecule has 1 N–H and O–H groups in total. The minimum atomic E-state index is 0.228. The summed E-state index contributed by atoms with van der Waals surface area (Å²) in [4.78, 5) is 5.40. The number of piperazine rings is 1. The van der Waals surface area contributed by atoms with Crippen molar-refractivity contribution in [2.45, 2.75) is 52.0 Å². The summed E-state index contributed by atoms with van der Waals surface area (Å²) in [6.45, 7) is 17.6. The van der Waals surface area contributed by atoms with E-state index in [1.165, 1.54) is 43.6 Å². The first kappa shape index (κ1) is 18.9. The van der Waals surface area contributed by atoms with Crippen molar-refractivity contribution in [3.63, 3.8) is 0 Å². The molecule has 2 aliphatic heterocycles. The van der Waals surface area contributed by atoms with E-state index in [0.29, 0.717) is 6.04 Å². The fraction of sp³-hybridized carbons (Fsp3) is 0.727. The van der Waals surface area contributed by atoms with Gasteiger partial charge >= 0.3 is 0 Å². The Hall–Kier alpha value is -0.900. The van der Waals surface area contributed by atoms with Crippen molar-refractivity contribution in [2.24, 2.45) is 5.92 Å². The Labute approximate surface area is 154 Å². The first-order valence-electron chi connectivity index (χ1n) is 10.2. The third-order valence-corrected chi connectivity index (χ3v) is 5.93. The van der Waals surface area contributed by atoms with Gasteiger partial charge < -0.3 is 10.2 Å². The second-order valence-electron chi connectivity index (χ2n) is 9.18. The highest BCUT2D eigenvalue weighted by Crippen LogP contribution is 2.28. The number of rotatable bonds is 4. The van der Waals surface area contributed by atoms with E-state index in [0.717, 1.165) is 32.1 Å². The molecule has 0 saturated carbocycles. The van der Waals surface area contributed by atoms with Gasteiger partial charge in [0.15, 0.2) is 0 Å². The number of benzene rings is 1. The Bertz CT molecular complexity index is 525. The molecule has 1 aromatic rings. The molecule has 3 heteroatoms. The molecule has 0 spiro atoms. The van der Waals surface area contributed by atoms with Crippen LogP contribution in [0, 0.1) is 5.92 Å². The molecule has 0 aromatic heterocycles. The molecule has 0 radical (unpaired) electrons. The van der Waals surface area contributed by atoms with E-state index in [1.54, 1.807) is 0 Å². The van der Waals surface area contributed by atoms with E-state index < -0.39 is 0 Å². The maximum Gasteiger partial charge on any atom is 0.0476 e. The second kappa shape index (κ2) is 8.20. The largest absolute Gasteiger partial charge is 0.314 e. The molecule has 25 heavy (non-hydrogen) atoms. The van der Waals surface area contributed by atoms with E-state index in [9.17, 15) is 0 Å². The number of hydrogen-bond donors (Lipinski definition) is 1. The van der Waals surface area contributed by atoms with E-state index in [2.05, 4.69) is 67.1 Å². The fourth-order valence-corrected chi connectivity index (χ4v) is 4.33. The molecule has 2 fully saturated rings. The highest BCUT2D eigenvalue weighted by molar-refractivity contribution is 5.29. The van der Waals surface area contributed by atoms with Crippen LogP contribution < -0.4 is 5.32 Å². The first-order valence-corrected chi connectivity index (χ1v) is 10.2. The van der Waals surface area contributed by atoms with Crippen LogP contribution in [0.2, 0.25) is 0 Å². The average Bonchev–Trinajstić information content (AvgIpc) is 2.60. The molecule has 2 heterocycles. The zero-order valence-electron chi connectivity index (χ0n) is 16.7. The maximum atomic E-state index is 3.51. The van der Waals surface area contributed by atoms with E-state index >= 15 is 0 Å². The van der Waals surface area contributed by atoms with Crippen LogP contribution in [-0.2, 0) is 5.41 Å². The third-order valence-electron chi connectivity index (χ3n) is 5.93. The molecule has 2 unspecified atom stereocenters. The normalized spacial score (nSPS) is 25.0. The molecule has 2 aliphatic rings. The monoisotopic (exact) mass is 343 g/mol. The Morgan fingerprint density at radius 2 is 1.76 bits per heavy atom. The number of likely N-dealkylation sites (tertiary alicyclic amines) is 1. The van der Waals surface area contributed by atoms with Crippen LogP contribution in [0.5, 0.6) is 0 Å². The van der Waals surface area contributed by atoms with Gasteiger partial charge in [-0.15, -0.1) is 0 Å². The van der Waals surface area contributed by atoms with Crippen LogP contribution in [0.4, 0.5) is 0 Å². The maximum absolute atomic E-state index is 3.51. The van der Waals surface area contributed by atoms with Crippen LogP contribution >= 0.6 is 0 Å². The van der Waals surface area contributed by atoms with E-state index in [-0.39, 0.29) is 5.41 Å². The minimum Gasteiger partial charge on any atom is -0.314 e. The molecular formula is C22H37N3. The van der Waals surface area contributed by atoms with E-state index in [4.69, 9.17) is 0 Å². The number of hydrogen-bond acceptors (Lipinski definition) is 3. The van der Waals surface area contributed by atoms with Crippen molar-refractivity contribution in [3.05, 3.63) is 35.4 Å². The SMILES string of the molecule is CC1CCCN(CC(c2ccc(C(C)(C)C)cc2)N2CCNCC2)C1. The van der Waals surface area contributed by atoms with Crippen LogP contribution in [0.25, 0.3) is 0 Å². The topological polar surface area (TPSA) is 18.5 Å². The minimum absolute atomic E-state index is 0.228. The Balaban J connectivity index is 1.77. The van der Waals surface area contributed by atoms with Gasteiger partial charge in [-0.2, -0.15) is 0 Å². The Kier molecular flexibility index (Phi) is 6.19. The van der Waals surface area contributed by atoms with Crippen molar-refractivity contribution < 1.29 is 0 Å². The highest BCUT2D eigenvalue weighted by atomic mass is 15.3. The Morgan fingerprint density at radius 3 is 2.36 bits per heavy atom. The zero-order chi connectivity index (χ0) is 17.9. The third kappa shape index (κ3) is 5.06. The number of nitrogens with zero attached hydrogens (tertiary/aromatic N) is 2. The van der Waals surface area contributed by atoms with Crippen molar-refractivity contribution in [3.8, 4) is 0 Å². The second-order valence-corrected chi connectivity index (χ2v) is 9.18. The van der Waals surface area contributed by atoms with Gasteiger partial charge in [-0.25, -0.2) is 0 Å². The summed E-state index contributed by atoms with van der Waals surface area (Å²) in [5.41, 5.74) is 3.15. The zero-order valence-corrected chi connectivity index (χ0v) is 16.7. The molecule has 1 aromatic carbocycles. The smallest absolute Gasteiger partial charge is 0.0476 e. The lowest BCUT2D eigenvalue weighted by atomic mass is 9.86. The molecule has 2 saturated heterocycles. The van der Waals surface area contributed by atoms with Gasteiger partial charge in [-0.1, -0.05) is 52.0 Å². The highest BCUT2D eigenvalue weighted by Gasteiger charge is 2.27. The molecule has 3 nitrogen and oxygen atoms in total. The van der Waals surface area contributed by atoms with Crippen LogP contribution in [0.15, 0.2) is 24.3 Å². The van der Waals surface area contributed by atoms with Crippen molar-refractivity contribution >= 4 is 0 Å². The summed E-state index contributed by atoms with van der Waals surface area (Å²) in [5.74, 6) is 0.848. The Morgan fingerprint density at radius 1 is 1.08 bits per heavy atom. The van der Waals surface area contributed by atoms with Gasteiger partial charge in [0.1, 0.15) is 0 Å². The number of nitrogens with one attached hydrogen (secondary N) is 1. The predicted molar refractivity (Wildman–Crippen MR) is 107 cm³/mol. The lowest BCUT2D eigenvalue weighted by Gasteiger charge is -2.40. The molecule has 0 aliphatic carbocycles. The van der Waals surface area contributed by atoms with Gasteiger partial charge in [0.2, 0.25) is 0 Å². The summed E-state index contributed by atoms with van der Waals surface area (Å²) in [5, 5.41) is 3.51. The molecule has 0 amide bonds. The van der Waals surface area contributed by atoms with Crippen LogP contribution in [0.3, 0.4) is 0 Å². The summed E-state index contributed by atoms with van der Waals surface area (Å²) in [7, 11) is 0. The van der Waals surface area contributed by atoms with Gasteiger partial charge in [0, 0.05) is 45.3 Å². The summed E-state index contributed by atoms with van der Waals surface area (Å²) >= 11 is 0. The standard InChI is InChI=1S/C22H37N3/c1-18-6-5-13-24(16-18)17-21(25-14-11-23-12-15-25)19-7-9-20(10-8-19)22(2,3)4/h7-10,18,21,23H,5-6,11-17H2,1-4H3. The van der Waals surface area contributed by atoms with Gasteiger partial charge in [0.25, 0.3) is 0 Å². The van der Waals surface area contributed by atoms with Crippen molar-refractivity contribution in [2.75, 3.05) is 45.8 Å². The van der Waals surface area contributed by atoms with Crippen LogP contribution in [-0.4, -0.2) is 55.6 Å².